The zero-order valence-electron chi connectivity index (χ0n) is 21.2. The molecule has 1 amide bonds. The lowest BCUT2D eigenvalue weighted by molar-refractivity contribution is 0.0558. The number of nitrogens with zero attached hydrogens (tertiary/aromatic N) is 2. The molecule has 0 fully saturated rings. The summed E-state index contributed by atoms with van der Waals surface area (Å²) in [5.74, 6) is 2.04. The van der Waals surface area contributed by atoms with Crippen molar-refractivity contribution in [3.05, 3.63) is 40.7 Å². The third kappa shape index (κ3) is 4.37. The van der Waals surface area contributed by atoms with Crippen molar-refractivity contribution in [1.29, 1.82) is 0 Å². The Morgan fingerprint density at radius 1 is 1.21 bits per heavy atom. The van der Waals surface area contributed by atoms with Gasteiger partial charge in [0.2, 0.25) is 0 Å². The summed E-state index contributed by atoms with van der Waals surface area (Å²) in [6.07, 6.45) is 5.75. The molecule has 1 aromatic carbocycles. The Hall–Kier alpha value is -1.99. The average molecular weight is 500 g/mol. The number of hydrogen-bond donors (Lipinski definition) is 2. The van der Waals surface area contributed by atoms with Crippen LogP contribution < -0.4 is 10.1 Å². The molecule has 1 N–H and O–H groups in total. The molecule has 0 saturated heterocycles. The lowest BCUT2D eigenvalue weighted by Crippen LogP contribution is -2.47. The van der Waals surface area contributed by atoms with Gasteiger partial charge in [-0.1, -0.05) is 6.92 Å². The number of carbonyl (C=O) groups excluding carboxylic acids is 1. The van der Waals surface area contributed by atoms with E-state index >= 15 is 0 Å². The molecule has 2 aliphatic rings. The molecule has 34 heavy (non-hydrogen) atoms. The van der Waals surface area contributed by atoms with E-state index in [1.54, 1.807) is 18.9 Å². The summed E-state index contributed by atoms with van der Waals surface area (Å²) in [5.41, 5.74) is 6.42. The summed E-state index contributed by atoms with van der Waals surface area (Å²) in [6, 6.07) is 4.45. The zero-order chi connectivity index (χ0) is 24.6. The third-order valence-corrected chi connectivity index (χ3v) is 8.04. The second-order valence-electron chi connectivity index (χ2n) is 9.95. The molecule has 7 heteroatoms. The van der Waals surface area contributed by atoms with E-state index in [9.17, 15) is 4.79 Å². The molecule has 5 nitrogen and oxygen atoms in total. The fourth-order valence-corrected chi connectivity index (χ4v) is 6.44. The van der Waals surface area contributed by atoms with Crippen LogP contribution in [0.25, 0.3) is 16.2 Å². The maximum atomic E-state index is 14.1. The highest BCUT2D eigenvalue weighted by atomic mass is 32.2. The van der Waals surface area contributed by atoms with Crippen molar-refractivity contribution in [3.63, 3.8) is 0 Å². The van der Waals surface area contributed by atoms with Gasteiger partial charge in [0, 0.05) is 47.9 Å². The van der Waals surface area contributed by atoms with E-state index in [2.05, 4.69) is 54.6 Å². The van der Waals surface area contributed by atoms with Gasteiger partial charge in [-0.05, 0) is 75.5 Å². The van der Waals surface area contributed by atoms with E-state index in [1.165, 1.54) is 11.1 Å². The first kappa shape index (κ1) is 25.1. The van der Waals surface area contributed by atoms with Crippen LogP contribution in [0.1, 0.15) is 67.7 Å². The SMILES string of the molecule is CCSc1cc2c(cc1OC)CCn1c3c(c(/C(S)=C/NC)c1-2)CCCCN(C(C)(C)C)C3=O. The third-order valence-electron chi connectivity index (χ3n) is 6.77. The zero-order valence-corrected chi connectivity index (χ0v) is 23.0. The van der Waals surface area contributed by atoms with Gasteiger partial charge in [0.05, 0.1) is 17.7 Å². The predicted molar refractivity (Wildman–Crippen MR) is 146 cm³/mol. The summed E-state index contributed by atoms with van der Waals surface area (Å²) in [4.78, 5) is 18.2. The number of benzene rings is 1. The quantitative estimate of drug-likeness (QED) is 0.400. The molecule has 2 aliphatic heterocycles. The molecule has 2 aromatic rings. The van der Waals surface area contributed by atoms with Crippen LogP contribution in [0, 0.1) is 0 Å². The molecule has 0 radical (unpaired) electrons. The van der Waals surface area contributed by atoms with Crippen LogP contribution in [0.4, 0.5) is 0 Å². The lowest BCUT2D eigenvalue weighted by atomic mass is 9.93. The number of aromatic nitrogens is 1. The molecule has 3 heterocycles. The molecule has 0 atom stereocenters. The number of nitrogens with one attached hydrogen (secondary N) is 1. The van der Waals surface area contributed by atoms with Crippen LogP contribution in [0.15, 0.2) is 23.2 Å². The van der Waals surface area contributed by atoms with Crippen molar-refractivity contribution in [2.24, 2.45) is 0 Å². The Balaban J connectivity index is 2.04. The van der Waals surface area contributed by atoms with Crippen molar-refractivity contribution >= 4 is 35.2 Å². The number of rotatable bonds is 5. The first-order valence-corrected chi connectivity index (χ1v) is 13.6. The van der Waals surface area contributed by atoms with Crippen molar-refractivity contribution in [1.82, 2.24) is 14.8 Å². The first-order chi connectivity index (χ1) is 16.2. The summed E-state index contributed by atoms with van der Waals surface area (Å²) >= 11 is 6.72. The summed E-state index contributed by atoms with van der Waals surface area (Å²) in [5, 5.41) is 3.15. The van der Waals surface area contributed by atoms with Crippen molar-refractivity contribution in [3.8, 4) is 17.0 Å². The van der Waals surface area contributed by atoms with E-state index in [0.29, 0.717) is 0 Å². The van der Waals surface area contributed by atoms with Gasteiger partial charge in [0.25, 0.3) is 5.91 Å². The number of hydrogen-bond acceptors (Lipinski definition) is 5. The van der Waals surface area contributed by atoms with Crippen LogP contribution in [0.3, 0.4) is 0 Å². The highest BCUT2D eigenvalue weighted by Crippen LogP contribution is 2.46. The second kappa shape index (κ2) is 9.94. The van der Waals surface area contributed by atoms with Crippen LogP contribution >= 0.6 is 24.4 Å². The summed E-state index contributed by atoms with van der Waals surface area (Å²) in [7, 11) is 3.63. The van der Waals surface area contributed by atoms with E-state index < -0.39 is 0 Å². The maximum Gasteiger partial charge on any atom is 0.271 e. The normalized spacial score (nSPS) is 16.4. The molecular formula is C27H37N3O2S2. The molecule has 0 bridgehead atoms. The summed E-state index contributed by atoms with van der Waals surface area (Å²) in [6.45, 7) is 10.1. The van der Waals surface area contributed by atoms with Crippen LogP contribution in [0.2, 0.25) is 0 Å². The molecule has 184 valence electrons. The summed E-state index contributed by atoms with van der Waals surface area (Å²) < 4.78 is 8.01. The van der Waals surface area contributed by atoms with Gasteiger partial charge in [-0.15, -0.1) is 24.4 Å². The highest BCUT2D eigenvalue weighted by molar-refractivity contribution is 7.99. The Bertz CT molecular complexity index is 1130. The minimum Gasteiger partial charge on any atom is -0.496 e. The number of carbonyl (C=O) groups is 1. The number of aryl methyl sites for hydroxylation is 1. The highest BCUT2D eigenvalue weighted by Gasteiger charge is 2.37. The average Bonchev–Trinajstić information content (AvgIpc) is 3.10. The Morgan fingerprint density at radius 3 is 2.62 bits per heavy atom. The fourth-order valence-electron chi connectivity index (χ4n) is 5.28. The van der Waals surface area contributed by atoms with Crippen molar-refractivity contribution in [2.75, 3.05) is 26.5 Å². The molecule has 0 spiro atoms. The lowest BCUT2D eigenvalue weighted by Gasteiger charge is -2.37. The number of methoxy groups -OCH3 is 1. The van der Waals surface area contributed by atoms with E-state index in [-0.39, 0.29) is 11.4 Å². The Kier molecular flexibility index (Phi) is 7.34. The van der Waals surface area contributed by atoms with Crippen LogP contribution in [0.5, 0.6) is 5.75 Å². The van der Waals surface area contributed by atoms with Crippen molar-refractivity contribution in [2.45, 2.75) is 70.4 Å². The number of thioether (sulfide) groups is 1. The molecule has 0 aliphatic carbocycles. The second-order valence-corrected chi connectivity index (χ2v) is 11.7. The smallest absolute Gasteiger partial charge is 0.271 e. The van der Waals surface area contributed by atoms with E-state index in [1.807, 2.05) is 13.2 Å². The Morgan fingerprint density at radius 2 is 1.97 bits per heavy atom. The Labute approximate surface area is 213 Å². The molecule has 0 saturated carbocycles. The fraction of sp³-hybridized carbons (Fsp3) is 0.519. The molecule has 4 rings (SSSR count). The topological polar surface area (TPSA) is 46.5 Å². The maximum absolute atomic E-state index is 14.1. The van der Waals surface area contributed by atoms with Gasteiger partial charge in [0.15, 0.2) is 0 Å². The van der Waals surface area contributed by atoms with Crippen LogP contribution in [-0.2, 0) is 19.4 Å². The van der Waals surface area contributed by atoms with E-state index in [4.69, 9.17) is 17.4 Å². The molecule has 0 unspecified atom stereocenters. The van der Waals surface area contributed by atoms with Gasteiger partial charge in [-0.3, -0.25) is 4.79 Å². The largest absolute Gasteiger partial charge is 0.496 e. The van der Waals surface area contributed by atoms with Gasteiger partial charge < -0.3 is 19.5 Å². The van der Waals surface area contributed by atoms with Crippen LogP contribution in [-0.4, -0.2) is 47.4 Å². The van der Waals surface area contributed by atoms with Gasteiger partial charge in [-0.2, -0.15) is 0 Å². The molecular weight excluding hydrogens is 462 g/mol. The first-order valence-electron chi connectivity index (χ1n) is 12.2. The molecule has 1 aromatic heterocycles. The predicted octanol–water partition coefficient (Wildman–Crippen LogP) is 5.86. The van der Waals surface area contributed by atoms with Gasteiger partial charge in [0.1, 0.15) is 11.4 Å². The minimum absolute atomic E-state index is 0.139. The van der Waals surface area contributed by atoms with Gasteiger partial charge in [-0.25, -0.2) is 0 Å². The number of amides is 1. The minimum atomic E-state index is -0.230. The van der Waals surface area contributed by atoms with Gasteiger partial charge >= 0.3 is 0 Å². The number of fused-ring (bicyclic) bond motifs is 5. The number of thiol groups is 1. The van der Waals surface area contributed by atoms with E-state index in [0.717, 1.165) is 82.6 Å². The monoisotopic (exact) mass is 499 g/mol. The standard InChI is InChI=1S/C27H37N3O2S2/c1-7-34-22-15-19-17(14-20(22)32-6)11-13-29-24(19)23(21(33)16-28-5)18-10-8-9-12-30(27(2,3)4)26(31)25(18)29/h14-16,28,33H,7-13H2,1-6H3/b21-16-. The number of ether oxygens (including phenoxy) is 1. The van der Waals surface area contributed by atoms with Crippen molar-refractivity contribution < 1.29 is 9.53 Å².